The highest BCUT2D eigenvalue weighted by atomic mass is 16.5. The number of rotatable bonds is 16. The zero-order chi connectivity index (χ0) is 27.5. The molecular weight excluding hydrogens is 502 g/mol. The molecule has 0 amide bonds. The molecular formula is C26H34N9O4+. The Morgan fingerprint density at radius 2 is 2.00 bits per heavy atom. The van der Waals surface area contributed by atoms with Crippen molar-refractivity contribution in [3.05, 3.63) is 54.7 Å². The van der Waals surface area contributed by atoms with E-state index in [0.717, 1.165) is 42.7 Å². The van der Waals surface area contributed by atoms with Crippen molar-refractivity contribution in [3.63, 3.8) is 0 Å². The first-order valence-electron chi connectivity index (χ1n) is 12.6. The quantitative estimate of drug-likeness (QED) is 0.133. The molecule has 4 rings (SSSR count). The van der Waals surface area contributed by atoms with Gasteiger partial charge in [-0.15, -0.1) is 0 Å². The smallest absolute Gasteiger partial charge is 0.341 e. The van der Waals surface area contributed by atoms with Crippen LogP contribution in [0.15, 0.2) is 49.2 Å². The molecule has 6 N–H and O–H groups in total. The van der Waals surface area contributed by atoms with Crippen LogP contribution in [-0.4, -0.2) is 82.9 Å². The van der Waals surface area contributed by atoms with Crippen LogP contribution in [0, 0.1) is 0 Å². The van der Waals surface area contributed by atoms with Crippen LogP contribution in [0.5, 0.6) is 11.5 Å². The molecule has 3 heterocycles. The van der Waals surface area contributed by atoms with Crippen LogP contribution in [0.2, 0.25) is 0 Å². The number of hydrogen-bond acceptors (Lipinski definition) is 10. The molecule has 0 saturated carbocycles. The van der Waals surface area contributed by atoms with Crippen LogP contribution >= 0.6 is 0 Å². The summed E-state index contributed by atoms with van der Waals surface area (Å²) in [6, 6.07) is 7.00. The number of aliphatic carboxylic acids is 1. The predicted molar refractivity (Wildman–Crippen MR) is 146 cm³/mol. The Kier molecular flexibility index (Phi) is 9.80. The molecule has 39 heavy (non-hydrogen) atoms. The van der Waals surface area contributed by atoms with E-state index in [2.05, 4.69) is 52.8 Å². The normalized spacial score (nSPS) is 11.1. The number of benzene rings is 1. The molecule has 0 radical (unpaired) electrons. The number of aromatic amines is 2. The van der Waals surface area contributed by atoms with Gasteiger partial charge in [-0.3, -0.25) is 4.98 Å². The molecule has 0 spiro atoms. The number of nitrogens with one attached hydrogen (secondary N) is 5. The van der Waals surface area contributed by atoms with Gasteiger partial charge in [0.1, 0.15) is 12.0 Å². The van der Waals surface area contributed by atoms with Gasteiger partial charge >= 0.3 is 5.97 Å². The average Bonchev–Trinajstić information content (AvgIpc) is 3.35. The van der Waals surface area contributed by atoms with Crippen molar-refractivity contribution in [3.8, 4) is 11.5 Å². The van der Waals surface area contributed by atoms with Gasteiger partial charge in [-0.25, -0.2) is 19.7 Å². The van der Waals surface area contributed by atoms with Crippen LogP contribution in [0.3, 0.4) is 0 Å². The van der Waals surface area contributed by atoms with Gasteiger partial charge in [0.05, 0.1) is 12.7 Å². The molecule has 206 valence electrons. The first-order chi connectivity index (χ1) is 19.0. The molecule has 1 aromatic carbocycles. The standard InChI is InChI=1S/C26H33N9O4/c1-27-7-4-11-35(2)15-18-14-31-24-23(18)25(33-17-32-24)34-19-5-6-20(21(13-19)39-16-22(36)37)38-12-10-30-26-28-8-3-9-29-26/h3,5-6,8-9,13-14,17,27H,4,7,10-12,15-16H2,1-2H3,(H,36,37)(H,28,29,30)(H2,31,32,33,34)/p+1. The molecule has 0 unspecified atom stereocenters. The molecule has 0 aliphatic carbocycles. The summed E-state index contributed by atoms with van der Waals surface area (Å²) in [4.78, 5) is 32.6. The van der Waals surface area contributed by atoms with E-state index in [1.807, 2.05) is 19.3 Å². The van der Waals surface area contributed by atoms with E-state index in [-0.39, 0.29) is 0 Å². The molecule has 13 nitrogen and oxygen atoms in total. The highest BCUT2D eigenvalue weighted by Gasteiger charge is 2.18. The minimum absolute atomic E-state index is 0.291. The molecule has 3 aromatic heterocycles. The Morgan fingerprint density at radius 3 is 2.79 bits per heavy atom. The Bertz CT molecular complexity index is 1350. The Balaban J connectivity index is 1.48. The molecule has 4 aromatic rings. The molecule has 0 aliphatic rings. The third-order valence-corrected chi connectivity index (χ3v) is 5.77. The summed E-state index contributed by atoms with van der Waals surface area (Å²) < 4.78 is 11.4. The summed E-state index contributed by atoms with van der Waals surface area (Å²) in [5.41, 5.74) is 2.62. The second kappa shape index (κ2) is 13.9. The predicted octanol–water partition coefficient (Wildman–Crippen LogP) is 1.91. The van der Waals surface area contributed by atoms with Crippen molar-refractivity contribution in [2.24, 2.45) is 0 Å². The van der Waals surface area contributed by atoms with Gasteiger partial charge in [0.2, 0.25) is 23.7 Å². The molecule has 13 heteroatoms. The van der Waals surface area contributed by atoms with Crippen molar-refractivity contribution >= 4 is 34.5 Å². The van der Waals surface area contributed by atoms with Crippen molar-refractivity contribution in [1.29, 1.82) is 0 Å². The lowest BCUT2D eigenvalue weighted by Gasteiger charge is -2.16. The maximum absolute atomic E-state index is 11.2. The van der Waals surface area contributed by atoms with Crippen molar-refractivity contribution in [2.75, 3.05) is 57.6 Å². The maximum Gasteiger partial charge on any atom is 0.341 e. The SMILES string of the molecule is CNCCCN(C)Cc1c[nH]c2[nH+]cnc(Nc3ccc(OCCNc4ncccn4)c(OCC(=O)O)c3)c12. The fourth-order valence-electron chi connectivity index (χ4n) is 4.00. The number of hydrogen-bond donors (Lipinski definition) is 5. The number of aromatic nitrogens is 5. The molecule has 0 bridgehead atoms. The topological polar surface area (TPSA) is 164 Å². The number of fused-ring (bicyclic) bond motifs is 1. The average molecular weight is 537 g/mol. The lowest BCUT2D eigenvalue weighted by Crippen LogP contribution is -2.22. The summed E-state index contributed by atoms with van der Waals surface area (Å²) in [5, 5.41) is 19.7. The second-order valence-corrected chi connectivity index (χ2v) is 8.83. The number of carboxylic acids is 1. The van der Waals surface area contributed by atoms with Crippen molar-refractivity contribution < 1.29 is 24.4 Å². The summed E-state index contributed by atoms with van der Waals surface area (Å²) >= 11 is 0. The van der Waals surface area contributed by atoms with E-state index in [1.165, 1.54) is 0 Å². The monoisotopic (exact) mass is 536 g/mol. The third kappa shape index (κ3) is 7.99. The molecule has 0 saturated heterocycles. The number of carboxylic acid groups (broad SMARTS) is 1. The van der Waals surface area contributed by atoms with E-state index >= 15 is 0 Å². The highest BCUT2D eigenvalue weighted by molar-refractivity contribution is 5.90. The van der Waals surface area contributed by atoms with E-state index in [9.17, 15) is 4.79 Å². The Morgan fingerprint density at radius 1 is 1.15 bits per heavy atom. The minimum Gasteiger partial charge on any atom is -0.488 e. The van der Waals surface area contributed by atoms with Gasteiger partial charge in [-0.05, 0) is 51.8 Å². The molecule has 0 aliphatic heterocycles. The lowest BCUT2D eigenvalue weighted by molar-refractivity contribution is -0.352. The van der Waals surface area contributed by atoms with Gasteiger partial charge in [-0.1, -0.05) is 4.98 Å². The van der Waals surface area contributed by atoms with Gasteiger partial charge < -0.3 is 35.4 Å². The van der Waals surface area contributed by atoms with E-state index < -0.39 is 12.6 Å². The summed E-state index contributed by atoms with van der Waals surface area (Å²) in [5.74, 6) is 0.794. The third-order valence-electron chi connectivity index (χ3n) is 5.77. The summed E-state index contributed by atoms with van der Waals surface area (Å²) in [6.45, 7) is 2.91. The Hall–Kier alpha value is -4.49. The summed E-state index contributed by atoms with van der Waals surface area (Å²) in [7, 11) is 4.05. The van der Waals surface area contributed by atoms with Crippen LogP contribution in [0.25, 0.3) is 11.0 Å². The van der Waals surface area contributed by atoms with Crippen LogP contribution in [-0.2, 0) is 11.3 Å². The minimum atomic E-state index is -1.08. The number of carbonyl (C=O) groups is 1. The lowest BCUT2D eigenvalue weighted by atomic mass is 10.2. The fourth-order valence-corrected chi connectivity index (χ4v) is 4.00. The second-order valence-electron chi connectivity index (χ2n) is 8.83. The van der Waals surface area contributed by atoms with Crippen molar-refractivity contribution in [1.82, 2.24) is 30.2 Å². The van der Waals surface area contributed by atoms with Crippen LogP contribution in [0.1, 0.15) is 12.0 Å². The molecule has 0 atom stereocenters. The maximum atomic E-state index is 11.2. The van der Waals surface area contributed by atoms with E-state index in [1.54, 1.807) is 36.9 Å². The zero-order valence-electron chi connectivity index (χ0n) is 22.0. The van der Waals surface area contributed by atoms with Crippen molar-refractivity contribution in [2.45, 2.75) is 13.0 Å². The number of ether oxygens (including phenoxy) is 2. The van der Waals surface area contributed by atoms with Crippen LogP contribution in [0.4, 0.5) is 17.5 Å². The number of H-pyrrole nitrogens is 2. The largest absolute Gasteiger partial charge is 0.488 e. The van der Waals surface area contributed by atoms with Crippen LogP contribution < -0.4 is 30.4 Å². The number of anilines is 3. The highest BCUT2D eigenvalue weighted by Crippen LogP contribution is 2.33. The van der Waals surface area contributed by atoms with E-state index in [4.69, 9.17) is 14.6 Å². The number of nitrogens with zero attached hydrogens (tertiary/aromatic N) is 4. The fraction of sp³-hybridized carbons (Fsp3) is 0.346. The van der Waals surface area contributed by atoms with Gasteiger partial charge in [0, 0.05) is 36.3 Å². The molecule has 0 fully saturated rings. The first-order valence-corrected chi connectivity index (χ1v) is 12.6. The first kappa shape index (κ1) is 27.5. The van der Waals surface area contributed by atoms with Gasteiger partial charge in [0.25, 0.3) is 0 Å². The zero-order valence-corrected chi connectivity index (χ0v) is 22.0. The Labute approximate surface area is 226 Å². The summed E-state index contributed by atoms with van der Waals surface area (Å²) in [6.07, 6.45) is 7.94. The van der Waals surface area contributed by atoms with E-state index in [0.29, 0.717) is 42.1 Å². The van der Waals surface area contributed by atoms with Gasteiger partial charge in [0.15, 0.2) is 18.1 Å². The van der Waals surface area contributed by atoms with Gasteiger partial charge in [-0.2, -0.15) is 0 Å².